The number of hydrogen-bond acceptors (Lipinski definition) is 4. The molecule has 0 aliphatic carbocycles. The predicted molar refractivity (Wildman–Crippen MR) is 75.4 cm³/mol. The van der Waals surface area contributed by atoms with Crippen LogP contribution in [0, 0.1) is 11.3 Å². The summed E-state index contributed by atoms with van der Waals surface area (Å²) in [6, 6.07) is 11.5. The molecule has 0 spiro atoms. The Hall–Kier alpha value is -3.06. The lowest BCUT2D eigenvalue weighted by Crippen LogP contribution is -1.91. The number of rotatable bonds is 2. The van der Waals surface area contributed by atoms with E-state index in [2.05, 4.69) is 21.0 Å². The zero-order valence-corrected chi connectivity index (χ0v) is 10.6. The number of hydrogen-bond donors (Lipinski definition) is 0. The van der Waals surface area contributed by atoms with Gasteiger partial charge in [-0.1, -0.05) is 0 Å². The Morgan fingerprint density at radius 2 is 1.40 bits per heavy atom. The first kappa shape index (κ1) is 12.0. The van der Waals surface area contributed by atoms with Crippen LogP contribution in [0.2, 0.25) is 0 Å². The molecular weight excluding hydrogens is 248 g/mol. The smallest absolute Gasteiger partial charge is 0.101 e. The first-order chi connectivity index (χ1) is 9.88. The van der Waals surface area contributed by atoms with Crippen LogP contribution in [0.1, 0.15) is 5.56 Å². The van der Waals surface area contributed by atoms with Gasteiger partial charge in [0.1, 0.15) is 6.07 Å². The number of aromatic nitrogens is 3. The van der Waals surface area contributed by atoms with E-state index in [1.54, 1.807) is 31.0 Å². The zero-order valence-electron chi connectivity index (χ0n) is 10.6. The summed E-state index contributed by atoms with van der Waals surface area (Å²) in [6.45, 7) is 0. The number of nitriles is 1. The van der Waals surface area contributed by atoms with Crippen LogP contribution in [0.5, 0.6) is 0 Å². The third-order valence-electron chi connectivity index (χ3n) is 2.98. The summed E-state index contributed by atoms with van der Waals surface area (Å²) in [5.41, 5.74) is 4.00. The minimum atomic E-state index is 0.547. The Kier molecular flexibility index (Phi) is 3.17. The van der Waals surface area contributed by atoms with Crippen molar-refractivity contribution in [2.24, 2.45) is 0 Å². The summed E-state index contributed by atoms with van der Waals surface area (Å²) in [7, 11) is 0. The molecule has 3 heterocycles. The molecule has 4 nitrogen and oxygen atoms in total. The average Bonchev–Trinajstić information content (AvgIpc) is 2.56. The van der Waals surface area contributed by atoms with Crippen LogP contribution in [0.15, 0.2) is 61.3 Å². The molecule has 0 fully saturated rings. The van der Waals surface area contributed by atoms with E-state index < -0.39 is 0 Å². The van der Waals surface area contributed by atoms with Crippen molar-refractivity contribution in [1.82, 2.24) is 15.0 Å². The number of nitrogens with zero attached hydrogens (tertiary/aromatic N) is 4. The maximum absolute atomic E-state index is 9.33. The summed E-state index contributed by atoms with van der Waals surface area (Å²) < 4.78 is 0. The molecule has 0 aromatic carbocycles. The van der Waals surface area contributed by atoms with Gasteiger partial charge in [0.05, 0.1) is 11.3 Å². The maximum Gasteiger partial charge on any atom is 0.101 e. The van der Waals surface area contributed by atoms with E-state index in [9.17, 15) is 5.26 Å². The van der Waals surface area contributed by atoms with E-state index in [0.29, 0.717) is 11.3 Å². The molecular formula is C16H10N4. The third-order valence-corrected chi connectivity index (χ3v) is 2.98. The van der Waals surface area contributed by atoms with Gasteiger partial charge in [0.25, 0.3) is 0 Å². The second-order valence-electron chi connectivity index (χ2n) is 4.20. The van der Waals surface area contributed by atoms with Gasteiger partial charge in [-0.25, -0.2) is 0 Å². The topological polar surface area (TPSA) is 62.5 Å². The molecule has 3 aromatic heterocycles. The van der Waals surface area contributed by atoms with Crippen molar-refractivity contribution in [3.8, 4) is 28.5 Å². The van der Waals surface area contributed by atoms with Gasteiger partial charge in [-0.2, -0.15) is 5.26 Å². The van der Waals surface area contributed by atoms with Crippen molar-refractivity contribution in [3.05, 3.63) is 66.9 Å². The summed E-state index contributed by atoms with van der Waals surface area (Å²) in [5, 5.41) is 9.33. The van der Waals surface area contributed by atoms with E-state index in [4.69, 9.17) is 0 Å². The Labute approximate surface area is 116 Å². The van der Waals surface area contributed by atoms with E-state index >= 15 is 0 Å². The summed E-state index contributed by atoms with van der Waals surface area (Å²) >= 11 is 0. The molecule has 0 saturated carbocycles. The molecule has 4 heteroatoms. The fraction of sp³-hybridized carbons (Fsp3) is 0. The quantitative estimate of drug-likeness (QED) is 0.708. The monoisotopic (exact) mass is 258 g/mol. The first-order valence-electron chi connectivity index (χ1n) is 6.09. The van der Waals surface area contributed by atoms with Crippen LogP contribution in [0.25, 0.3) is 22.4 Å². The molecule has 0 aliphatic rings. The molecule has 0 radical (unpaired) electrons. The van der Waals surface area contributed by atoms with Crippen molar-refractivity contribution >= 4 is 0 Å². The van der Waals surface area contributed by atoms with Crippen molar-refractivity contribution in [1.29, 1.82) is 5.26 Å². The summed E-state index contributed by atoms with van der Waals surface area (Å²) in [5.74, 6) is 0. The second kappa shape index (κ2) is 5.29. The van der Waals surface area contributed by atoms with Gasteiger partial charge in [0, 0.05) is 42.1 Å². The summed E-state index contributed by atoms with van der Waals surface area (Å²) in [4.78, 5) is 12.4. The minimum absolute atomic E-state index is 0.547. The molecule has 20 heavy (non-hydrogen) atoms. The van der Waals surface area contributed by atoms with Crippen LogP contribution >= 0.6 is 0 Å². The lowest BCUT2D eigenvalue weighted by Gasteiger charge is -2.06. The van der Waals surface area contributed by atoms with Gasteiger partial charge in [-0.05, 0) is 35.9 Å². The Balaban J connectivity index is 2.11. The summed E-state index contributed by atoms with van der Waals surface area (Å²) in [6.07, 6.45) is 8.59. The van der Waals surface area contributed by atoms with Crippen LogP contribution < -0.4 is 0 Å². The zero-order chi connectivity index (χ0) is 13.8. The Bertz CT molecular complexity index is 761. The highest BCUT2D eigenvalue weighted by Crippen LogP contribution is 2.25. The molecule has 3 aromatic rings. The average molecular weight is 258 g/mol. The highest BCUT2D eigenvalue weighted by atomic mass is 14.7. The standard InChI is InChI=1S/C16H10N4/c17-10-14-9-15(12-1-5-18-6-2-12)11-20-16(14)13-3-7-19-8-4-13/h1-9,11H. The van der Waals surface area contributed by atoms with Crippen molar-refractivity contribution in [2.75, 3.05) is 0 Å². The molecule has 0 N–H and O–H groups in total. The molecule has 0 bridgehead atoms. The molecule has 3 rings (SSSR count). The predicted octanol–water partition coefficient (Wildman–Crippen LogP) is 3.08. The van der Waals surface area contributed by atoms with E-state index in [1.807, 2.05) is 30.3 Å². The van der Waals surface area contributed by atoms with Crippen LogP contribution in [0.4, 0.5) is 0 Å². The number of pyridine rings is 3. The largest absolute Gasteiger partial charge is 0.265 e. The lowest BCUT2D eigenvalue weighted by atomic mass is 10.0. The normalized spacial score (nSPS) is 9.95. The Morgan fingerprint density at radius 1 is 0.800 bits per heavy atom. The van der Waals surface area contributed by atoms with E-state index in [-0.39, 0.29) is 0 Å². The fourth-order valence-corrected chi connectivity index (χ4v) is 1.99. The highest BCUT2D eigenvalue weighted by molar-refractivity contribution is 5.72. The van der Waals surface area contributed by atoms with Crippen LogP contribution in [-0.4, -0.2) is 15.0 Å². The fourth-order valence-electron chi connectivity index (χ4n) is 1.99. The molecule has 0 atom stereocenters. The maximum atomic E-state index is 9.33. The van der Waals surface area contributed by atoms with Crippen molar-refractivity contribution < 1.29 is 0 Å². The minimum Gasteiger partial charge on any atom is -0.265 e. The van der Waals surface area contributed by atoms with Crippen LogP contribution in [0.3, 0.4) is 0 Å². The van der Waals surface area contributed by atoms with Gasteiger partial charge in [0.2, 0.25) is 0 Å². The van der Waals surface area contributed by atoms with Gasteiger partial charge in [-0.3, -0.25) is 15.0 Å². The molecule has 0 amide bonds. The third kappa shape index (κ3) is 2.25. The van der Waals surface area contributed by atoms with Gasteiger partial charge >= 0.3 is 0 Å². The van der Waals surface area contributed by atoms with Gasteiger partial charge < -0.3 is 0 Å². The molecule has 0 aliphatic heterocycles. The second-order valence-corrected chi connectivity index (χ2v) is 4.20. The highest BCUT2D eigenvalue weighted by Gasteiger charge is 2.08. The van der Waals surface area contributed by atoms with Gasteiger partial charge in [0.15, 0.2) is 0 Å². The Morgan fingerprint density at radius 3 is 2.00 bits per heavy atom. The van der Waals surface area contributed by atoms with Crippen molar-refractivity contribution in [3.63, 3.8) is 0 Å². The van der Waals surface area contributed by atoms with Crippen LogP contribution in [-0.2, 0) is 0 Å². The molecule has 94 valence electrons. The lowest BCUT2D eigenvalue weighted by molar-refractivity contribution is 1.27. The van der Waals surface area contributed by atoms with E-state index in [0.717, 1.165) is 16.7 Å². The molecule has 0 saturated heterocycles. The SMILES string of the molecule is N#Cc1cc(-c2ccncc2)cnc1-c1ccncc1. The first-order valence-corrected chi connectivity index (χ1v) is 6.09. The molecule has 0 unspecified atom stereocenters. The van der Waals surface area contributed by atoms with Gasteiger partial charge in [-0.15, -0.1) is 0 Å². The van der Waals surface area contributed by atoms with E-state index in [1.165, 1.54) is 0 Å². The van der Waals surface area contributed by atoms with Crippen molar-refractivity contribution in [2.45, 2.75) is 0 Å².